The number of hydrogen-bond donors (Lipinski definition) is 1. The molecule has 118 valence electrons. The molecule has 0 radical (unpaired) electrons. The van der Waals surface area contributed by atoms with Crippen LogP contribution in [0, 0.1) is 0 Å². The Morgan fingerprint density at radius 1 is 1.29 bits per heavy atom. The minimum atomic E-state index is 0.769. The van der Waals surface area contributed by atoms with Gasteiger partial charge >= 0.3 is 0 Å². The fourth-order valence-electron chi connectivity index (χ4n) is 2.64. The molecule has 1 saturated heterocycles. The van der Waals surface area contributed by atoms with E-state index in [1.165, 1.54) is 55.1 Å². The third kappa shape index (κ3) is 6.83. The van der Waals surface area contributed by atoms with E-state index in [4.69, 9.17) is 4.74 Å². The molecule has 0 saturated carbocycles. The Hall–Kier alpha value is -0.550. The summed E-state index contributed by atoms with van der Waals surface area (Å²) < 4.78 is 5.04. The summed E-state index contributed by atoms with van der Waals surface area (Å²) in [5.74, 6) is 1.22. The summed E-state index contributed by atoms with van der Waals surface area (Å²) in [5.41, 5.74) is 1.36. The number of methoxy groups -OCH3 is 1. The zero-order chi connectivity index (χ0) is 14.8. The van der Waals surface area contributed by atoms with Gasteiger partial charge in [0.15, 0.2) is 0 Å². The zero-order valence-electron chi connectivity index (χ0n) is 13.1. The number of thioether (sulfide) groups is 1. The Balaban J connectivity index is 1.63. The number of nitrogens with zero attached hydrogens (tertiary/aromatic N) is 1. The third-order valence-corrected chi connectivity index (χ3v) is 4.88. The van der Waals surface area contributed by atoms with Gasteiger partial charge < -0.3 is 15.0 Å². The minimum Gasteiger partial charge on any atom is -0.383 e. The first-order valence-corrected chi connectivity index (χ1v) is 9.01. The molecule has 4 heteroatoms. The lowest BCUT2D eigenvalue weighted by Gasteiger charge is -2.13. The van der Waals surface area contributed by atoms with Crippen LogP contribution in [0.4, 0.5) is 0 Å². The molecule has 1 aliphatic heterocycles. The van der Waals surface area contributed by atoms with Crippen LogP contribution in [-0.4, -0.2) is 50.5 Å². The molecule has 0 spiro atoms. The molecule has 21 heavy (non-hydrogen) atoms. The second kappa shape index (κ2) is 10.2. The molecular weight excluding hydrogens is 280 g/mol. The van der Waals surface area contributed by atoms with Gasteiger partial charge in [0.05, 0.1) is 6.61 Å². The highest BCUT2D eigenvalue weighted by atomic mass is 32.2. The number of likely N-dealkylation sites (tertiary alicyclic amines) is 1. The van der Waals surface area contributed by atoms with Crippen molar-refractivity contribution in [2.75, 3.05) is 45.6 Å². The second-order valence-corrected chi connectivity index (χ2v) is 6.74. The number of nitrogens with one attached hydrogen (secondary N) is 1. The molecule has 0 aliphatic carbocycles. The van der Waals surface area contributed by atoms with Crippen LogP contribution in [-0.2, 0) is 11.3 Å². The van der Waals surface area contributed by atoms with Crippen LogP contribution in [0.15, 0.2) is 29.2 Å². The maximum atomic E-state index is 5.04. The van der Waals surface area contributed by atoms with E-state index in [1.807, 2.05) is 11.8 Å². The van der Waals surface area contributed by atoms with E-state index in [-0.39, 0.29) is 0 Å². The molecular formula is C17H28N2OS. The first kappa shape index (κ1) is 16.8. The van der Waals surface area contributed by atoms with Crippen molar-refractivity contribution in [1.29, 1.82) is 0 Å². The van der Waals surface area contributed by atoms with Crippen molar-refractivity contribution in [3.63, 3.8) is 0 Å². The predicted octanol–water partition coefficient (Wildman–Crippen LogP) is 3.00. The second-order valence-electron chi connectivity index (χ2n) is 5.57. The first-order valence-electron chi connectivity index (χ1n) is 8.02. The van der Waals surface area contributed by atoms with Crippen LogP contribution in [0.25, 0.3) is 0 Å². The Labute approximate surface area is 133 Å². The average Bonchev–Trinajstić information content (AvgIpc) is 3.02. The van der Waals surface area contributed by atoms with Crippen LogP contribution in [0.5, 0.6) is 0 Å². The van der Waals surface area contributed by atoms with Gasteiger partial charge in [-0.2, -0.15) is 0 Å². The van der Waals surface area contributed by atoms with Crippen LogP contribution in [0.3, 0.4) is 0 Å². The largest absolute Gasteiger partial charge is 0.383 e. The van der Waals surface area contributed by atoms with Crippen molar-refractivity contribution >= 4 is 11.8 Å². The first-order chi connectivity index (χ1) is 10.4. The molecule has 0 amide bonds. The quantitative estimate of drug-likeness (QED) is 0.530. The Morgan fingerprint density at radius 2 is 2.14 bits per heavy atom. The van der Waals surface area contributed by atoms with Crippen molar-refractivity contribution < 1.29 is 4.74 Å². The third-order valence-electron chi connectivity index (χ3n) is 3.80. The van der Waals surface area contributed by atoms with E-state index in [0.717, 1.165) is 19.7 Å². The van der Waals surface area contributed by atoms with Gasteiger partial charge in [0, 0.05) is 25.1 Å². The minimum absolute atomic E-state index is 0.769. The van der Waals surface area contributed by atoms with Gasteiger partial charge in [-0.05, 0) is 62.3 Å². The Bertz CT molecular complexity index is 394. The number of ether oxygens (including phenoxy) is 1. The lowest BCUT2D eigenvalue weighted by molar-refractivity contribution is 0.199. The molecule has 1 fully saturated rings. The summed E-state index contributed by atoms with van der Waals surface area (Å²) in [5, 5.41) is 3.39. The molecule has 3 nitrogen and oxygen atoms in total. The van der Waals surface area contributed by atoms with E-state index < -0.39 is 0 Å². The summed E-state index contributed by atoms with van der Waals surface area (Å²) >= 11 is 1.98. The lowest BCUT2D eigenvalue weighted by Crippen LogP contribution is -2.20. The summed E-state index contributed by atoms with van der Waals surface area (Å²) in [6.07, 6.45) is 4.08. The topological polar surface area (TPSA) is 24.5 Å². The summed E-state index contributed by atoms with van der Waals surface area (Å²) in [4.78, 5) is 3.99. The number of rotatable bonds is 10. The van der Waals surface area contributed by atoms with E-state index in [0.29, 0.717) is 0 Å². The van der Waals surface area contributed by atoms with E-state index in [9.17, 15) is 0 Å². The molecule has 1 aromatic rings. The summed E-state index contributed by atoms with van der Waals surface area (Å²) in [6.45, 7) is 6.49. The van der Waals surface area contributed by atoms with Crippen molar-refractivity contribution in [3.8, 4) is 0 Å². The van der Waals surface area contributed by atoms with E-state index in [1.54, 1.807) is 7.11 Å². The van der Waals surface area contributed by atoms with Gasteiger partial charge in [-0.25, -0.2) is 0 Å². The highest BCUT2D eigenvalue weighted by Crippen LogP contribution is 2.20. The van der Waals surface area contributed by atoms with Crippen molar-refractivity contribution in [1.82, 2.24) is 10.2 Å². The van der Waals surface area contributed by atoms with Gasteiger partial charge in [0.2, 0.25) is 0 Å². The van der Waals surface area contributed by atoms with Crippen LogP contribution >= 0.6 is 11.8 Å². The van der Waals surface area contributed by atoms with Crippen molar-refractivity contribution in [2.24, 2.45) is 0 Å². The zero-order valence-corrected chi connectivity index (χ0v) is 14.0. The molecule has 1 aliphatic rings. The predicted molar refractivity (Wildman–Crippen MR) is 91.0 cm³/mol. The highest BCUT2D eigenvalue weighted by molar-refractivity contribution is 7.99. The molecule has 1 N–H and O–H groups in total. The number of hydrogen-bond acceptors (Lipinski definition) is 4. The summed E-state index contributed by atoms with van der Waals surface area (Å²) in [6, 6.07) is 8.88. The Morgan fingerprint density at radius 3 is 2.95 bits per heavy atom. The monoisotopic (exact) mass is 308 g/mol. The van der Waals surface area contributed by atoms with E-state index in [2.05, 4.69) is 34.5 Å². The maximum Gasteiger partial charge on any atom is 0.0587 e. The smallest absolute Gasteiger partial charge is 0.0587 e. The number of benzene rings is 1. The van der Waals surface area contributed by atoms with Gasteiger partial charge in [-0.15, -0.1) is 11.8 Å². The normalized spacial score (nSPS) is 15.7. The van der Waals surface area contributed by atoms with Gasteiger partial charge in [0.25, 0.3) is 0 Å². The highest BCUT2D eigenvalue weighted by Gasteiger charge is 2.10. The van der Waals surface area contributed by atoms with E-state index >= 15 is 0 Å². The van der Waals surface area contributed by atoms with Crippen LogP contribution < -0.4 is 5.32 Å². The molecule has 2 rings (SSSR count). The Kier molecular flexibility index (Phi) is 8.18. The van der Waals surface area contributed by atoms with Gasteiger partial charge in [0.1, 0.15) is 0 Å². The van der Waals surface area contributed by atoms with Crippen molar-refractivity contribution in [3.05, 3.63) is 29.8 Å². The van der Waals surface area contributed by atoms with Gasteiger partial charge in [-0.1, -0.05) is 12.1 Å². The molecule has 0 unspecified atom stereocenters. The molecule has 0 bridgehead atoms. The molecule has 1 heterocycles. The fraction of sp³-hybridized carbons (Fsp3) is 0.647. The van der Waals surface area contributed by atoms with Gasteiger partial charge in [-0.3, -0.25) is 0 Å². The molecule has 0 aromatic heterocycles. The SMILES string of the molecule is COCCNCc1cccc(SCCCN2CCCC2)c1. The standard InChI is InChI=1S/C17H28N2OS/c1-20-12-8-18-15-16-6-4-7-17(14-16)21-13-5-11-19-9-2-3-10-19/h4,6-7,14,18H,2-3,5,8-13,15H2,1H3. The fourth-order valence-corrected chi connectivity index (χ4v) is 3.56. The molecule has 1 aromatic carbocycles. The van der Waals surface area contributed by atoms with Crippen molar-refractivity contribution in [2.45, 2.75) is 30.7 Å². The van der Waals surface area contributed by atoms with Crippen LogP contribution in [0.2, 0.25) is 0 Å². The average molecular weight is 308 g/mol. The lowest BCUT2D eigenvalue weighted by atomic mass is 10.2. The maximum absolute atomic E-state index is 5.04. The summed E-state index contributed by atoms with van der Waals surface area (Å²) in [7, 11) is 1.74. The molecule has 0 atom stereocenters. The van der Waals surface area contributed by atoms with Crippen LogP contribution in [0.1, 0.15) is 24.8 Å².